The summed E-state index contributed by atoms with van der Waals surface area (Å²) in [5, 5.41) is 6.84. The van der Waals surface area contributed by atoms with E-state index in [2.05, 4.69) is 48.9 Å². The van der Waals surface area contributed by atoms with Gasteiger partial charge >= 0.3 is 0 Å². The lowest BCUT2D eigenvalue weighted by molar-refractivity contribution is -0.116. The first-order valence-electron chi connectivity index (χ1n) is 5.07. The lowest BCUT2D eigenvalue weighted by atomic mass is 10.3. The van der Waals surface area contributed by atoms with Gasteiger partial charge in [-0.3, -0.25) is 9.48 Å². The van der Waals surface area contributed by atoms with Crippen molar-refractivity contribution in [3.63, 3.8) is 0 Å². The number of carbonyl (C=O) groups excluding carboxylic acids is 1. The molecule has 94 valence electrons. The smallest absolute Gasteiger partial charge is 0.246 e. The van der Waals surface area contributed by atoms with Gasteiger partial charge in [-0.1, -0.05) is 0 Å². The SMILES string of the molecule is Nc1ccc(NC(=O)Cn2cc(I)cn2)c(Br)c1. The number of amides is 1. The third-order valence-corrected chi connectivity index (χ3v) is 3.39. The Hall–Kier alpha value is -1.09. The van der Waals surface area contributed by atoms with Crippen LogP contribution in [0.3, 0.4) is 0 Å². The van der Waals surface area contributed by atoms with E-state index in [1.54, 1.807) is 35.3 Å². The molecule has 1 amide bonds. The second-order valence-corrected chi connectivity index (χ2v) is 5.74. The van der Waals surface area contributed by atoms with Crippen molar-refractivity contribution in [2.45, 2.75) is 6.54 Å². The van der Waals surface area contributed by atoms with Crippen LogP contribution in [0, 0.1) is 3.57 Å². The van der Waals surface area contributed by atoms with Gasteiger partial charge in [0, 0.05) is 16.4 Å². The van der Waals surface area contributed by atoms with Crippen LogP contribution in [-0.2, 0) is 11.3 Å². The first-order valence-corrected chi connectivity index (χ1v) is 6.94. The predicted octanol–water partition coefficient (Wildman–Crippen LogP) is 2.47. The van der Waals surface area contributed by atoms with Crippen LogP contribution in [0.4, 0.5) is 11.4 Å². The fraction of sp³-hybridized carbons (Fsp3) is 0.0909. The Balaban J connectivity index is 2.03. The number of rotatable bonds is 3. The first kappa shape index (κ1) is 13.3. The minimum absolute atomic E-state index is 0.139. The van der Waals surface area contributed by atoms with Crippen LogP contribution in [0.5, 0.6) is 0 Å². The fourth-order valence-electron chi connectivity index (χ4n) is 1.39. The molecule has 0 aliphatic carbocycles. The highest BCUT2D eigenvalue weighted by Gasteiger charge is 2.07. The monoisotopic (exact) mass is 420 g/mol. The number of nitrogens with zero attached hydrogens (tertiary/aromatic N) is 2. The van der Waals surface area contributed by atoms with Crippen LogP contribution in [0.15, 0.2) is 35.1 Å². The van der Waals surface area contributed by atoms with Gasteiger partial charge in [-0.2, -0.15) is 5.10 Å². The molecule has 7 heteroatoms. The molecule has 0 aliphatic heterocycles. The maximum atomic E-state index is 11.8. The highest BCUT2D eigenvalue weighted by Crippen LogP contribution is 2.24. The first-order chi connectivity index (χ1) is 8.54. The zero-order valence-corrected chi connectivity index (χ0v) is 13.0. The van der Waals surface area contributed by atoms with Gasteiger partial charge < -0.3 is 11.1 Å². The van der Waals surface area contributed by atoms with Gasteiger partial charge in [-0.05, 0) is 56.7 Å². The summed E-state index contributed by atoms with van der Waals surface area (Å²) in [4.78, 5) is 11.8. The summed E-state index contributed by atoms with van der Waals surface area (Å²) in [6.45, 7) is 0.180. The Morgan fingerprint density at radius 2 is 2.33 bits per heavy atom. The van der Waals surface area contributed by atoms with E-state index in [1.807, 2.05) is 0 Å². The molecule has 2 rings (SSSR count). The number of anilines is 2. The van der Waals surface area contributed by atoms with E-state index in [1.165, 1.54) is 0 Å². The fourth-order valence-corrected chi connectivity index (χ4v) is 2.34. The number of hydrogen-bond donors (Lipinski definition) is 2. The molecule has 1 aromatic carbocycles. The molecule has 1 heterocycles. The van der Waals surface area contributed by atoms with Crippen molar-refractivity contribution in [1.29, 1.82) is 0 Å². The van der Waals surface area contributed by atoms with Crippen LogP contribution < -0.4 is 11.1 Å². The van der Waals surface area contributed by atoms with Crippen LogP contribution in [0.25, 0.3) is 0 Å². The highest BCUT2D eigenvalue weighted by atomic mass is 127. The van der Waals surface area contributed by atoms with Crippen molar-refractivity contribution in [2.75, 3.05) is 11.1 Å². The second kappa shape index (κ2) is 5.70. The predicted molar refractivity (Wildman–Crippen MR) is 82.1 cm³/mol. The summed E-state index contributed by atoms with van der Waals surface area (Å²) in [5.74, 6) is -0.139. The van der Waals surface area contributed by atoms with Gasteiger partial charge in [-0.25, -0.2) is 0 Å². The van der Waals surface area contributed by atoms with E-state index < -0.39 is 0 Å². The Morgan fingerprint density at radius 1 is 1.56 bits per heavy atom. The van der Waals surface area contributed by atoms with Crippen LogP contribution in [0.2, 0.25) is 0 Å². The maximum absolute atomic E-state index is 11.8. The van der Waals surface area contributed by atoms with Gasteiger partial charge in [0.25, 0.3) is 0 Å². The van der Waals surface area contributed by atoms with Crippen molar-refractivity contribution in [3.05, 3.63) is 38.6 Å². The molecule has 0 bridgehead atoms. The third-order valence-electron chi connectivity index (χ3n) is 2.17. The van der Waals surface area contributed by atoms with Gasteiger partial charge in [0.1, 0.15) is 6.54 Å². The highest BCUT2D eigenvalue weighted by molar-refractivity contribution is 14.1. The normalized spacial score (nSPS) is 10.3. The molecule has 0 atom stereocenters. The van der Waals surface area contributed by atoms with Crippen molar-refractivity contribution < 1.29 is 4.79 Å². The van der Waals surface area contributed by atoms with Crippen LogP contribution in [-0.4, -0.2) is 15.7 Å². The van der Waals surface area contributed by atoms with Gasteiger partial charge in [0.05, 0.1) is 15.5 Å². The summed E-state index contributed by atoms with van der Waals surface area (Å²) in [6, 6.07) is 5.23. The molecule has 0 spiro atoms. The Labute approximate surface area is 126 Å². The van der Waals surface area contributed by atoms with Crippen molar-refractivity contribution in [1.82, 2.24) is 9.78 Å². The Bertz CT molecular complexity index is 584. The quantitative estimate of drug-likeness (QED) is 0.591. The summed E-state index contributed by atoms with van der Waals surface area (Å²) < 4.78 is 3.34. The summed E-state index contributed by atoms with van der Waals surface area (Å²) in [5.41, 5.74) is 6.96. The van der Waals surface area contributed by atoms with Crippen LogP contribution >= 0.6 is 38.5 Å². The molecular weight excluding hydrogens is 411 g/mol. The zero-order valence-electron chi connectivity index (χ0n) is 9.23. The number of halogens is 2. The summed E-state index contributed by atoms with van der Waals surface area (Å²) in [6.07, 6.45) is 3.51. The maximum Gasteiger partial charge on any atom is 0.246 e. The Kier molecular flexibility index (Phi) is 4.23. The lowest BCUT2D eigenvalue weighted by Crippen LogP contribution is -2.19. The number of hydrogen-bond acceptors (Lipinski definition) is 3. The largest absolute Gasteiger partial charge is 0.399 e. The molecule has 1 aromatic heterocycles. The minimum Gasteiger partial charge on any atom is -0.399 e. The average molecular weight is 421 g/mol. The van der Waals surface area contributed by atoms with Gasteiger partial charge in [0.2, 0.25) is 5.91 Å². The summed E-state index contributed by atoms with van der Waals surface area (Å²) in [7, 11) is 0. The molecule has 2 aromatic rings. The van der Waals surface area contributed by atoms with E-state index >= 15 is 0 Å². The molecule has 0 saturated carbocycles. The topological polar surface area (TPSA) is 72.9 Å². The number of aromatic nitrogens is 2. The molecule has 5 nitrogen and oxygen atoms in total. The van der Waals surface area contributed by atoms with Crippen molar-refractivity contribution >= 4 is 55.8 Å². The van der Waals surface area contributed by atoms with E-state index in [0.717, 1.165) is 8.04 Å². The summed E-state index contributed by atoms with van der Waals surface area (Å²) >= 11 is 5.49. The van der Waals surface area contributed by atoms with E-state index in [0.29, 0.717) is 11.4 Å². The van der Waals surface area contributed by atoms with Gasteiger partial charge in [-0.15, -0.1) is 0 Å². The van der Waals surface area contributed by atoms with Crippen LogP contribution in [0.1, 0.15) is 0 Å². The number of carbonyl (C=O) groups is 1. The molecular formula is C11H10BrIN4O. The van der Waals surface area contributed by atoms with E-state index in [-0.39, 0.29) is 12.5 Å². The van der Waals surface area contributed by atoms with Crippen molar-refractivity contribution in [3.8, 4) is 0 Å². The minimum atomic E-state index is -0.139. The molecule has 0 radical (unpaired) electrons. The molecule has 0 saturated heterocycles. The number of nitrogen functional groups attached to an aromatic ring is 1. The van der Waals surface area contributed by atoms with E-state index in [4.69, 9.17) is 5.73 Å². The van der Waals surface area contributed by atoms with Gasteiger partial charge in [0.15, 0.2) is 0 Å². The molecule has 3 N–H and O–H groups in total. The number of benzene rings is 1. The molecule has 0 aliphatic rings. The van der Waals surface area contributed by atoms with E-state index in [9.17, 15) is 4.79 Å². The lowest BCUT2D eigenvalue weighted by Gasteiger charge is -2.08. The van der Waals surface area contributed by atoms with Crippen molar-refractivity contribution in [2.24, 2.45) is 0 Å². The number of nitrogens with two attached hydrogens (primary N) is 1. The number of nitrogens with one attached hydrogen (secondary N) is 1. The molecule has 0 unspecified atom stereocenters. The molecule has 0 fully saturated rings. The zero-order chi connectivity index (χ0) is 13.1. The molecule has 18 heavy (non-hydrogen) atoms. The second-order valence-electron chi connectivity index (χ2n) is 3.64. The average Bonchev–Trinajstić information content (AvgIpc) is 2.68. The Morgan fingerprint density at radius 3 is 2.94 bits per heavy atom. The third kappa shape index (κ3) is 3.45. The standard InChI is InChI=1S/C11H10BrIN4O/c12-9-3-8(14)1-2-10(9)16-11(18)6-17-5-7(13)4-15-17/h1-5H,6,14H2,(H,16,18).